The van der Waals surface area contributed by atoms with Crippen molar-refractivity contribution in [2.24, 2.45) is 5.73 Å². The van der Waals surface area contributed by atoms with Gasteiger partial charge in [-0.2, -0.15) is 5.10 Å². The number of rotatable bonds is 4. The SMILES string of the molecule is CC1CN(C(CN)c2cnn(C(C)C)c2)CCO1. The van der Waals surface area contributed by atoms with Gasteiger partial charge in [-0.1, -0.05) is 0 Å². The number of morpholine rings is 1. The molecule has 0 aliphatic carbocycles. The molecule has 1 aliphatic rings. The molecule has 5 heteroatoms. The van der Waals surface area contributed by atoms with Gasteiger partial charge in [0.2, 0.25) is 0 Å². The Morgan fingerprint density at radius 2 is 2.33 bits per heavy atom. The number of hydrogen-bond acceptors (Lipinski definition) is 4. The van der Waals surface area contributed by atoms with E-state index in [1.807, 2.05) is 10.9 Å². The first-order valence-electron chi connectivity index (χ1n) is 6.71. The van der Waals surface area contributed by atoms with E-state index in [4.69, 9.17) is 10.5 Å². The summed E-state index contributed by atoms with van der Waals surface area (Å²) in [5.74, 6) is 0. The lowest BCUT2D eigenvalue weighted by atomic mass is 10.1. The first-order chi connectivity index (χ1) is 8.61. The molecule has 1 aromatic rings. The van der Waals surface area contributed by atoms with Gasteiger partial charge in [-0.15, -0.1) is 0 Å². The highest BCUT2D eigenvalue weighted by atomic mass is 16.5. The Balaban J connectivity index is 2.11. The monoisotopic (exact) mass is 252 g/mol. The second kappa shape index (κ2) is 5.82. The Labute approximate surface area is 109 Å². The molecule has 18 heavy (non-hydrogen) atoms. The molecule has 102 valence electrons. The number of aromatic nitrogens is 2. The Bertz CT molecular complexity index is 377. The molecule has 2 rings (SSSR count). The molecule has 5 nitrogen and oxygen atoms in total. The fourth-order valence-electron chi connectivity index (χ4n) is 2.43. The summed E-state index contributed by atoms with van der Waals surface area (Å²) >= 11 is 0. The summed E-state index contributed by atoms with van der Waals surface area (Å²) < 4.78 is 7.57. The van der Waals surface area contributed by atoms with Crippen LogP contribution in [-0.4, -0.2) is 47.0 Å². The lowest BCUT2D eigenvalue weighted by Gasteiger charge is -2.36. The quantitative estimate of drug-likeness (QED) is 0.874. The molecule has 1 fully saturated rings. The summed E-state index contributed by atoms with van der Waals surface area (Å²) in [5, 5.41) is 4.40. The molecule has 0 bridgehead atoms. The predicted molar refractivity (Wildman–Crippen MR) is 71.4 cm³/mol. The highest BCUT2D eigenvalue weighted by molar-refractivity contribution is 5.12. The minimum atomic E-state index is 0.254. The molecule has 0 aromatic carbocycles. The molecule has 1 saturated heterocycles. The Hall–Kier alpha value is -0.910. The maximum atomic E-state index is 5.95. The van der Waals surface area contributed by atoms with Crippen molar-refractivity contribution >= 4 is 0 Å². The van der Waals surface area contributed by atoms with Crippen molar-refractivity contribution in [1.29, 1.82) is 0 Å². The third-order valence-corrected chi connectivity index (χ3v) is 3.47. The topological polar surface area (TPSA) is 56.3 Å². The van der Waals surface area contributed by atoms with Crippen LogP contribution in [0.4, 0.5) is 0 Å². The maximum absolute atomic E-state index is 5.95. The van der Waals surface area contributed by atoms with Crippen molar-refractivity contribution in [1.82, 2.24) is 14.7 Å². The van der Waals surface area contributed by atoms with Gasteiger partial charge in [0, 0.05) is 37.4 Å². The summed E-state index contributed by atoms with van der Waals surface area (Å²) in [6.07, 6.45) is 4.34. The van der Waals surface area contributed by atoms with E-state index in [1.54, 1.807) is 0 Å². The first kappa shape index (κ1) is 13.5. The van der Waals surface area contributed by atoms with E-state index >= 15 is 0 Å². The third-order valence-electron chi connectivity index (χ3n) is 3.47. The van der Waals surface area contributed by atoms with E-state index in [0.29, 0.717) is 12.6 Å². The zero-order chi connectivity index (χ0) is 13.1. The fourth-order valence-corrected chi connectivity index (χ4v) is 2.43. The number of hydrogen-bond donors (Lipinski definition) is 1. The largest absolute Gasteiger partial charge is 0.376 e. The molecule has 2 atom stereocenters. The van der Waals surface area contributed by atoms with Crippen LogP contribution in [0.3, 0.4) is 0 Å². The summed E-state index contributed by atoms with van der Waals surface area (Å²) in [5.41, 5.74) is 7.16. The van der Waals surface area contributed by atoms with E-state index in [9.17, 15) is 0 Å². The summed E-state index contributed by atoms with van der Waals surface area (Å²) in [6, 6.07) is 0.643. The second-order valence-corrected chi connectivity index (χ2v) is 5.28. The van der Waals surface area contributed by atoms with Crippen molar-refractivity contribution in [3.05, 3.63) is 18.0 Å². The minimum Gasteiger partial charge on any atom is -0.376 e. The molecular formula is C13H24N4O. The van der Waals surface area contributed by atoms with E-state index in [0.717, 1.165) is 19.7 Å². The van der Waals surface area contributed by atoms with E-state index in [1.165, 1.54) is 5.56 Å². The summed E-state index contributed by atoms with van der Waals surface area (Å²) in [6.45, 7) is 9.66. The van der Waals surface area contributed by atoms with Gasteiger partial charge in [0.05, 0.1) is 24.9 Å². The number of nitrogens with two attached hydrogens (primary N) is 1. The standard InChI is InChI=1S/C13H24N4O/c1-10(2)17-9-12(7-15-17)13(6-14)16-4-5-18-11(3)8-16/h7,9-11,13H,4-6,8,14H2,1-3H3. The van der Waals surface area contributed by atoms with Crippen LogP contribution >= 0.6 is 0 Å². The molecule has 2 N–H and O–H groups in total. The smallest absolute Gasteiger partial charge is 0.0674 e. The van der Waals surface area contributed by atoms with Crippen LogP contribution in [0.1, 0.15) is 38.4 Å². The van der Waals surface area contributed by atoms with Gasteiger partial charge in [-0.3, -0.25) is 9.58 Å². The molecule has 2 heterocycles. The molecule has 1 aromatic heterocycles. The predicted octanol–water partition coefficient (Wildman–Crippen LogP) is 1.18. The minimum absolute atomic E-state index is 0.254. The summed E-state index contributed by atoms with van der Waals surface area (Å²) in [4.78, 5) is 2.40. The van der Waals surface area contributed by atoms with Gasteiger partial charge in [-0.25, -0.2) is 0 Å². The van der Waals surface area contributed by atoms with Crippen molar-refractivity contribution in [2.45, 2.75) is 39.0 Å². The lowest BCUT2D eigenvalue weighted by Crippen LogP contribution is -2.45. The molecule has 0 amide bonds. The van der Waals surface area contributed by atoms with E-state index in [-0.39, 0.29) is 12.1 Å². The Kier molecular flexibility index (Phi) is 4.37. The highest BCUT2D eigenvalue weighted by Crippen LogP contribution is 2.22. The second-order valence-electron chi connectivity index (χ2n) is 5.28. The molecule has 0 radical (unpaired) electrons. The third kappa shape index (κ3) is 2.91. The van der Waals surface area contributed by atoms with Crippen molar-refractivity contribution in [3.8, 4) is 0 Å². The Morgan fingerprint density at radius 3 is 2.89 bits per heavy atom. The molecule has 0 spiro atoms. The van der Waals surface area contributed by atoms with Gasteiger partial charge in [0.1, 0.15) is 0 Å². The molecular weight excluding hydrogens is 228 g/mol. The normalized spacial score (nSPS) is 23.5. The molecule has 0 saturated carbocycles. The van der Waals surface area contributed by atoms with Crippen molar-refractivity contribution < 1.29 is 4.74 Å². The zero-order valence-corrected chi connectivity index (χ0v) is 11.5. The van der Waals surface area contributed by atoms with Gasteiger partial charge in [-0.05, 0) is 20.8 Å². The lowest BCUT2D eigenvalue weighted by molar-refractivity contribution is -0.0333. The van der Waals surface area contributed by atoms with Crippen LogP contribution in [0.15, 0.2) is 12.4 Å². The molecule has 1 aliphatic heterocycles. The summed E-state index contributed by atoms with van der Waals surface area (Å²) in [7, 11) is 0. The van der Waals surface area contributed by atoms with Crippen LogP contribution in [0.2, 0.25) is 0 Å². The van der Waals surface area contributed by atoms with Crippen molar-refractivity contribution in [3.63, 3.8) is 0 Å². The van der Waals surface area contributed by atoms with Crippen LogP contribution < -0.4 is 5.73 Å². The highest BCUT2D eigenvalue weighted by Gasteiger charge is 2.25. The number of nitrogens with zero attached hydrogens (tertiary/aromatic N) is 3. The van der Waals surface area contributed by atoms with Gasteiger partial charge in [0.25, 0.3) is 0 Å². The van der Waals surface area contributed by atoms with Gasteiger partial charge < -0.3 is 10.5 Å². The van der Waals surface area contributed by atoms with Gasteiger partial charge in [0.15, 0.2) is 0 Å². The number of ether oxygens (including phenoxy) is 1. The first-order valence-corrected chi connectivity index (χ1v) is 6.71. The van der Waals surface area contributed by atoms with Crippen molar-refractivity contribution in [2.75, 3.05) is 26.2 Å². The van der Waals surface area contributed by atoms with Gasteiger partial charge >= 0.3 is 0 Å². The van der Waals surface area contributed by atoms with Crippen LogP contribution in [-0.2, 0) is 4.74 Å². The van der Waals surface area contributed by atoms with E-state index in [2.05, 4.69) is 37.0 Å². The average Bonchev–Trinajstić information content (AvgIpc) is 2.80. The average molecular weight is 252 g/mol. The van der Waals surface area contributed by atoms with E-state index < -0.39 is 0 Å². The molecule has 2 unspecified atom stereocenters. The fraction of sp³-hybridized carbons (Fsp3) is 0.769. The Morgan fingerprint density at radius 1 is 1.56 bits per heavy atom. The van der Waals surface area contributed by atoms with Crippen LogP contribution in [0, 0.1) is 0 Å². The maximum Gasteiger partial charge on any atom is 0.0674 e. The van der Waals surface area contributed by atoms with Crippen LogP contribution in [0.25, 0.3) is 0 Å². The van der Waals surface area contributed by atoms with Crippen LogP contribution in [0.5, 0.6) is 0 Å². The zero-order valence-electron chi connectivity index (χ0n) is 11.5.